The fourth-order valence-electron chi connectivity index (χ4n) is 8.29. The molecule has 0 spiro atoms. The summed E-state index contributed by atoms with van der Waals surface area (Å²) in [5.41, 5.74) is 13.2. The quantitative estimate of drug-likeness (QED) is 0.173. The Hall–Kier alpha value is -7.36. The van der Waals surface area contributed by atoms with Gasteiger partial charge in [0.05, 0.1) is 16.8 Å². The van der Waals surface area contributed by atoms with Gasteiger partial charge in [0.1, 0.15) is 16.7 Å². The van der Waals surface area contributed by atoms with Crippen molar-refractivity contribution in [2.75, 3.05) is 4.90 Å². The molecule has 0 atom stereocenters. The van der Waals surface area contributed by atoms with Crippen molar-refractivity contribution in [2.24, 2.45) is 0 Å². The molecular formula is C52H33NO2. The van der Waals surface area contributed by atoms with Crippen LogP contribution in [0.1, 0.15) is 0 Å². The molecule has 55 heavy (non-hydrogen) atoms. The molecular weight excluding hydrogens is 671 g/mol. The Morgan fingerprint density at radius 1 is 0.309 bits per heavy atom. The maximum Gasteiger partial charge on any atom is 0.159 e. The number of benzene rings is 9. The zero-order valence-electron chi connectivity index (χ0n) is 29.8. The highest BCUT2D eigenvalue weighted by Crippen LogP contribution is 2.50. The molecule has 0 fully saturated rings. The molecule has 0 aliphatic carbocycles. The molecule has 11 aromatic rings. The number of hydrogen-bond acceptors (Lipinski definition) is 3. The Bertz CT molecular complexity index is 3180. The van der Waals surface area contributed by atoms with E-state index in [-0.39, 0.29) is 0 Å². The third-order valence-corrected chi connectivity index (χ3v) is 10.8. The van der Waals surface area contributed by atoms with Gasteiger partial charge in [0.15, 0.2) is 5.58 Å². The lowest BCUT2D eigenvalue weighted by atomic mass is 9.94. The van der Waals surface area contributed by atoms with Crippen LogP contribution in [0.25, 0.3) is 88.0 Å². The van der Waals surface area contributed by atoms with Gasteiger partial charge in [0.25, 0.3) is 0 Å². The Labute approximate surface area is 317 Å². The number of nitrogens with zero attached hydrogens (tertiary/aromatic N) is 1. The summed E-state index contributed by atoms with van der Waals surface area (Å²) in [6.45, 7) is 0. The average molecular weight is 704 g/mol. The summed E-state index contributed by atoms with van der Waals surface area (Å²) >= 11 is 0. The minimum atomic E-state index is 0.824. The summed E-state index contributed by atoms with van der Waals surface area (Å²) in [6.07, 6.45) is 0. The van der Waals surface area contributed by atoms with Crippen molar-refractivity contribution < 1.29 is 8.83 Å². The highest BCUT2D eigenvalue weighted by molar-refractivity contribution is 6.23. The third kappa shape index (κ3) is 5.13. The van der Waals surface area contributed by atoms with E-state index in [0.29, 0.717) is 0 Å². The van der Waals surface area contributed by atoms with Gasteiger partial charge in [-0.15, -0.1) is 0 Å². The van der Waals surface area contributed by atoms with Crippen molar-refractivity contribution in [1.29, 1.82) is 0 Å². The first-order valence-electron chi connectivity index (χ1n) is 18.7. The molecule has 0 unspecified atom stereocenters. The average Bonchev–Trinajstić information content (AvgIpc) is 3.84. The van der Waals surface area contributed by atoms with Crippen molar-refractivity contribution in [1.82, 2.24) is 0 Å². The molecule has 11 rings (SSSR count). The van der Waals surface area contributed by atoms with E-state index in [4.69, 9.17) is 8.83 Å². The molecule has 2 aromatic heterocycles. The van der Waals surface area contributed by atoms with E-state index in [1.165, 1.54) is 11.1 Å². The lowest BCUT2D eigenvalue weighted by Gasteiger charge is -2.27. The fourth-order valence-corrected chi connectivity index (χ4v) is 8.29. The van der Waals surface area contributed by atoms with E-state index >= 15 is 0 Å². The Balaban J connectivity index is 1.27. The van der Waals surface area contributed by atoms with Crippen molar-refractivity contribution in [3.05, 3.63) is 200 Å². The summed E-state index contributed by atoms with van der Waals surface area (Å²) in [4.78, 5) is 2.36. The lowest BCUT2D eigenvalue weighted by Crippen LogP contribution is -2.11. The van der Waals surface area contributed by atoms with Crippen LogP contribution >= 0.6 is 0 Å². The van der Waals surface area contributed by atoms with Crippen molar-refractivity contribution in [3.8, 4) is 33.4 Å². The number of rotatable bonds is 6. The predicted octanol–water partition coefficient (Wildman–Crippen LogP) is 15.1. The molecule has 0 aliphatic heterocycles. The molecule has 0 radical (unpaired) electrons. The molecule has 0 saturated carbocycles. The van der Waals surface area contributed by atoms with E-state index in [2.05, 4.69) is 193 Å². The summed E-state index contributed by atoms with van der Waals surface area (Å²) in [5, 5.41) is 6.51. The predicted molar refractivity (Wildman–Crippen MR) is 229 cm³/mol. The van der Waals surface area contributed by atoms with Crippen molar-refractivity contribution in [2.45, 2.75) is 0 Å². The van der Waals surface area contributed by atoms with Gasteiger partial charge < -0.3 is 13.7 Å². The van der Waals surface area contributed by atoms with Crippen LogP contribution in [0, 0.1) is 0 Å². The Kier molecular flexibility index (Phi) is 7.17. The zero-order valence-corrected chi connectivity index (χ0v) is 29.8. The van der Waals surface area contributed by atoms with Crippen LogP contribution in [-0.2, 0) is 0 Å². The molecule has 0 aliphatic rings. The number of furan rings is 2. The molecule has 3 heteroatoms. The lowest BCUT2D eigenvalue weighted by molar-refractivity contribution is 0.669. The first-order valence-corrected chi connectivity index (χ1v) is 18.7. The second-order valence-corrected chi connectivity index (χ2v) is 14.0. The molecule has 0 amide bonds. The number of hydrogen-bond donors (Lipinski definition) is 0. The first kappa shape index (κ1) is 31.2. The van der Waals surface area contributed by atoms with E-state index in [1.807, 2.05) is 12.1 Å². The molecule has 2 heterocycles. The smallest absolute Gasteiger partial charge is 0.159 e. The minimum Gasteiger partial charge on any atom is -0.455 e. The van der Waals surface area contributed by atoms with E-state index in [0.717, 1.165) is 94.0 Å². The maximum atomic E-state index is 7.04. The normalized spacial score (nSPS) is 11.6. The Morgan fingerprint density at radius 2 is 0.855 bits per heavy atom. The number of para-hydroxylation sites is 2. The maximum absolute atomic E-state index is 7.04. The molecule has 258 valence electrons. The SMILES string of the molecule is c1ccc(-c2ccc(N(c3cccc4c3oc3ccccc34)c3cc(-c4ccccc4)cc4oc5c6ccccc6c(-c6ccccc6)cc5c34)cc2)cc1. The van der Waals surface area contributed by atoms with Gasteiger partial charge in [-0.1, -0.05) is 158 Å². The van der Waals surface area contributed by atoms with Gasteiger partial charge in [-0.25, -0.2) is 0 Å². The van der Waals surface area contributed by atoms with E-state index in [9.17, 15) is 0 Å². The monoisotopic (exact) mass is 703 g/mol. The summed E-state index contributed by atoms with van der Waals surface area (Å²) in [7, 11) is 0. The fraction of sp³-hybridized carbons (Fsp3) is 0. The van der Waals surface area contributed by atoms with Crippen LogP contribution in [-0.4, -0.2) is 0 Å². The van der Waals surface area contributed by atoms with Crippen molar-refractivity contribution in [3.63, 3.8) is 0 Å². The van der Waals surface area contributed by atoms with Gasteiger partial charge >= 0.3 is 0 Å². The van der Waals surface area contributed by atoms with Gasteiger partial charge in [0.2, 0.25) is 0 Å². The second-order valence-electron chi connectivity index (χ2n) is 14.0. The summed E-state index contributed by atoms with van der Waals surface area (Å²) in [6, 6.07) is 70.8. The van der Waals surface area contributed by atoms with Gasteiger partial charge in [-0.2, -0.15) is 0 Å². The van der Waals surface area contributed by atoms with Crippen LogP contribution in [0.15, 0.2) is 209 Å². The van der Waals surface area contributed by atoms with Crippen LogP contribution in [0.5, 0.6) is 0 Å². The van der Waals surface area contributed by atoms with E-state index < -0.39 is 0 Å². The molecule has 0 saturated heterocycles. The van der Waals surface area contributed by atoms with E-state index in [1.54, 1.807) is 0 Å². The highest BCUT2D eigenvalue weighted by Gasteiger charge is 2.26. The van der Waals surface area contributed by atoms with Crippen molar-refractivity contribution >= 4 is 71.7 Å². The first-order chi connectivity index (χ1) is 27.3. The molecule has 3 nitrogen and oxygen atoms in total. The minimum absolute atomic E-state index is 0.824. The van der Waals surface area contributed by atoms with Crippen LogP contribution < -0.4 is 4.90 Å². The second kappa shape index (κ2) is 12.6. The summed E-state index contributed by atoms with van der Waals surface area (Å²) in [5.74, 6) is 0. The highest BCUT2D eigenvalue weighted by atomic mass is 16.3. The van der Waals surface area contributed by atoms with Gasteiger partial charge in [0, 0.05) is 27.2 Å². The van der Waals surface area contributed by atoms with Crippen LogP contribution in [0.3, 0.4) is 0 Å². The van der Waals surface area contributed by atoms with Crippen LogP contribution in [0.2, 0.25) is 0 Å². The number of fused-ring (bicyclic) bond motifs is 8. The largest absolute Gasteiger partial charge is 0.455 e. The topological polar surface area (TPSA) is 29.5 Å². The zero-order chi connectivity index (χ0) is 36.3. The Morgan fingerprint density at radius 3 is 1.58 bits per heavy atom. The van der Waals surface area contributed by atoms with Gasteiger partial charge in [-0.05, 0) is 81.2 Å². The third-order valence-electron chi connectivity index (χ3n) is 10.8. The summed E-state index contributed by atoms with van der Waals surface area (Å²) < 4.78 is 13.8. The standard InChI is InChI=1S/C52H33NO2/c1-4-15-34(16-5-1)36-27-29-39(30-28-36)53(46-25-14-24-43-41-22-12-13-26-48(41)54-52(43)46)47-31-38(35-17-6-2-7-18-35)32-49-50(47)45-33-44(37-19-8-3-9-20-37)40-21-10-11-23-42(40)51(45)55-49/h1-33H. The van der Waals surface area contributed by atoms with Gasteiger partial charge in [-0.3, -0.25) is 0 Å². The van der Waals surface area contributed by atoms with Crippen LogP contribution in [0.4, 0.5) is 17.1 Å². The molecule has 0 N–H and O–H groups in total. The number of anilines is 3. The molecule has 9 aromatic carbocycles. The molecule has 0 bridgehead atoms.